The van der Waals surface area contributed by atoms with E-state index < -0.39 is 10.0 Å². The van der Waals surface area contributed by atoms with Crippen LogP contribution in [0.3, 0.4) is 0 Å². The molecule has 4 rings (SSSR count). The van der Waals surface area contributed by atoms with Gasteiger partial charge in [-0.15, -0.1) is 0 Å². The first kappa shape index (κ1) is 18.8. The van der Waals surface area contributed by atoms with Crippen LogP contribution in [-0.2, 0) is 21.3 Å². The Kier molecular flexibility index (Phi) is 5.52. The molecule has 3 heterocycles. The maximum absolute atomic E-state index is 12.9. The highest BCUT2D eigenvalue weighted by Crippen LogP contribution is 2.24. The summed E-state index contributed by atoms with van der Waals surface area (Å²) in [5.41, 5.74) is 0.736. The Hall–Kier alpha value is -2.55. The zero-order valence-corrected chi connectivity index (χ0v) is 16.1. The van der Waals surface area contributed by atoms with E-state index in [2.05, 4.69) is 14.7 Å². The highest BCUT2D eigenvalue weighted by Gasteiger charge is 2.19. The van der Waals surface area contributed by atoms with Crippen LogP contribution < -0.4 is 9.46 Å². The number of pyridine rings is 2. The maximum Gasteiger partial charge on any atom is 0.241 e. The molecular formula is C20H21N3O4S. The molecule has 0 radical (unpaired) electrons. The normalized spacial score (nSPS) is 17.1. The second-order valence-electron chi connectivity index (χ2n) is 6.70. The van der Waals surface area contributed by atoms with Crippen LogP contribution in [-0.4, -0.2) is 38.2 Å². The smallest absolute Gasteiger partial charge is 0.241 e. The van der Waals surface area contributed by atoms with Crippen molar-refractivity contribution in [1.82, 2.24) is 14.7 Å². The van der Waals surface area contributed by atoms with Gasteiger partial charge in [0.15, 0.2) is 0 Å². The van der Waals surface area contributed by atoms with E-state index in [1.54, 1.807) is 49.1 Å². The summed E-state index contributed by atoms with van der Waals surface area (Å²) in [4.78, 5) is 8.37. The number of nitrogens with one attached hydrogen (secondary N) is 1. The van der Waals surface area contributed by atoms with Gasteiger partial charge in [-0.05, 0) is 24.6 Å². The number of hydrogen-bond acceptors (Lipinski definition) is 6. The van der Waals surface area contributed by atoms with Crippen molar-refractivity contribution in [2.45, 2.75) is 17.9 Å². The van der Waals surface area contributed by atoms with Crippen molar-refractivity contribution in [3.05, 3.63) is 60.7 Å². The Bertz CT molecular complexity index is 1060. The fourth-order valence-electron chi connectivity index (χ4n) is 3.18. The molecule has 0 bridgehead atoms. The quantitative estimate of drug-likeness (QED) is 0.657. The molecule has 0 saturated carbocycles. The zero-order valence-electron chi connectivity index (χ0n) is 15.2. The second-order valence-corrected chi connectivity index (χ2v) is 8.44. The predicted octanol–water partition coefficient (Wildman–Crippen LogP) is 2.52. The molecule has 1 N–H and O–H groups in total. The van der Waals surface area contributed by atoms with Crippen LogP contribution >= 0.6 is 0 Å². The number of sulfonamides is 1. The van der Waals surface area contributed by atoms with Gasteiger partial charge in [0.2, 0.25) is 10.0 Å². The Morgan fingerprint density at radius 2 is 2.00 bits per heavy atom. The van der Waals surface area contributed by atoms with E-state index in [-0.39, 0.29) is 11.4 Å². The minimum Gasteiger partial charge on any atom is -0.491 e. The van der Waals surface area contributed by atoms with E-state index >= 15 is 0 Å². The van der Waals surface area contributed by atoms with Gasteiger partial charge in [-0.3, -0.25) is 9.97 Å². The summed E-state index contributed by atoms with van der Waals surface area (Å²) >= 11 is 0. The van der Waals surface area contributed by atoms with Gasteiger partial charge in [-0.25, -0.2) is 13.1 Å². The number of rotatable bonds is 7. The third-order valence-corrected chi connectivity index (χ3v) is 6.21. The summed E-state index contributed by atoms with van der Waals surface area (Å²) in [5.74, 6) is 0.938. The minimum atomic E-state index is -3.71. The van der Waals surface area contributed by atoms with E-state index in [0.717, 1.165) is 24.0 Å². The van der Waals surface area contributed by atoms with Gasteiger partial charge < -0.3 is 9.47 Å². The van der Waals surface area contributed by atoms with Crippen molar-refractivity contribution in [2.75, 3.05) is 19.8 Å². The topological polar surface area (TPSA) is 90.4 Å². The lowest BCUT2D eigenvalue weighted by atomic mass is 10.1. The maximum atomic E-state index is 12.9. The molecule has 1 fully saturated rings. The molecule has 7 nitrogen and oxygen atoms in total. The first-order valence-electron chi connectivity index (χ1n) is 9.09. The van der Waals surface area contributed by atoms with Crippen LogP contribution in [0, 0.1) is 5.92 Å². The number of fused-ring (bicyclic) bond motifs is 1. The number of hydrogen-bond donors (Lipinski definition) is 1. The van der Waals surface area contributed by atoms with Crippen molar-refractivity contribution in [3.63, 3.8) is 0 Å². The Morgan fingerprint density at radius 1 is 1.14 bits per heavy atom. The molecule has 28 heavy (non-hydrogen) atoms. The number of benzene rings is 1. The van der Waals surface area contributed by atoms with Crippen LogP contribution in [0.1, 0.15) is 12.0 Å². The van der Waals surface area contributed by atoms with Crippen LogP contribution in [0.4, 0.5) is 0 Å². The monoisotopic (exact) mass is 399 g/mol. The molecular weight excluding hydrogens is 378 g/mol. The van der Waals surface area contributed by atoms with Crippen LogP contribution in [0.25, 0.3) is 10.8 Å². The molecule has 3 aromatic rings. The van der Waals surface area contributed by atoms with Crippen molar-refractivity contribution >= 4 is 20.8 Å². The van der Waals surface area contributed by atoms with Crippen molar-refractivity contribution in [1.29, 1.82) is 0 Å². The Morgan fingerprint density at radius 3 is 2.86 bits per heavy atom. The number of aromatic nitrogens is 2. The van der Waals surface area contributed by atoms with Gasteiger partial charge >= 0.3 is 0 Å². The Balaban J connectivity index is 1.50. The van der Waals surface area contributed by atoms with E-state index in [0.29, 0.717) is 30.3 Å². The molecule has 1 unspecified atom stereocenters. The van der Waals surface area contributed by atoms with E-state index in [1.807, 2.05) is 6.07 Å². The first-order valence-corrected chi connectivity index (χ1v) is 10.6. The van der Waals surface area contributed by atoms with Gasteiger partial charge in [0.25, 0.3) is 0 Å². The van der Waals surface area contributed by atoms with E-state index in [1.165, 1.54) is 0 Å². The van der Waals surface area contributed by atoms with E-state index in [4.69, 9.17) is 9.47 Å². The first-order chi connectivity index (χ1) is 13.6. The summed E-state index contributed by atoms with van der Waals surface area (Å²) in [6.45, 7) is 2.09. The summed E-state index contributed by atoms with van der Waals surface area (Å²) in [6.07, 6.45) is 7.44. The fourth-order valence-corrected chi connectivity index (χ4v) is 4.42. The summed E-state index contributed by atoms with van der Waals surface area (Å²) < 4.78 is 39.7. The number of ether oxygens (including phenoxy) is 2. The molecule has 1 aliphatic heterocycles. The van der Waals surface area contributed by atoms with Crippen LogP contribution in [0.5, 0.6) is 5.75 Å². The third-order valence-electron chi connectivity index (χ3n) is 4.75. The highest BCUT2D eigenvalue weighted by molar-refractivity contribution is 7.89. The Labute approximate surface area is 163 Å². The summed E-state index contributed by atoms with van der Waals surface area (Å²) in [5, 5.41) is 1.41. The van der Waals surface area contributed by atoms with Crippen LogP contribution in [0.2, 0.25) is 0 Å². The average molecular weight is 399 g/mol. The zero-order chi connectivity index (χ0) is 19.4. The molecule has 1 aromatic carbocycles. The molecule has 1 saturated heterocycles. The molecule has 146 valence electrons. The lowest BCUT2D eigenvalue weighted by Crippen LogP contribution is -2.24. The predicted molar refractivity (Wildman–Crippen MR) is 104 cm³/mol. The van der Waals surface area contributed by atoms with Gasteiger partial charge in [0.1, 0.15) is 5.75 Å². The van der Waals surface area contributed by atoms with Crippen molar-refractivity contribution < 1.29 is 17.9 Å². The van der Waals surface area contributed by atoms with Gasteiger partial charge in [0, 0.05) is 54.0 Å². The molecule has 0 spiro atoms. The largest absolute Gasteiger partial charge is 0.491 e. The third kappa shape index (κ3) is 4.14. The number of nitrogens with zero attached hydrogens (tertiary/aromatic N) is 2. The van der Waals surface area contributed by atoms with Crippen LogP contribution in [0.15, 0.2) is 60.0 Å². The van der Waals surface area contributed by atoms with Gasteiger partial charge in [-0.2, -0.15) is 0 Å². The van der Waals surface area contributed by atoms with Gasteiger partial charge in [-0.1, -0.05) is 12.1 Å². The molecule has 1 atom stereocenters. The fraction of sp³-hybridized carbons (Fsp3) is 0.300. The highest BCUT2D eigenvalue weighted by atomic mass is 32.2. The lowest BCUT2D eigenvalue weighted by molar-refractivity contribution is 0.166. The second kappa shape index (κ2) is 8.22. The standard InChI is InChI=1S/C20H21N3O4S/c24-28(25,20-3-1-2-16-10-21-8-5-18(16)20)23-11-17-4-7-22-12-19(17)27-14-15-6-9-26-13-15/h1-5,7-8,10,12,15,23H,6,9,11,13-14H2. The van der Waals surface area contributed by atoms with Crippen molar-refractivity contribution in [2.24, 2.45) is 5.92 Å². The molecule has 1 aliphatic rings. The van der Waals surface area contributed by atoms with E-state index in [9.17, 15) is 8.42 Å². The molecule has 2 aromatic heterocycles. The van der Waals surface area contributed by atoms with Crippen molar-refractivity contribution in [3.8, 4) is 5.75 Å². The SMILES string of the molecule is O=S(=O)(NCc1ccncc1OCC1CCOC1)c1cccc2cnccc12. The lowest BCUT2D eigenvalue weighted by Gasteiger charge is -2.14. The summed E-state index contributed by atoms with van der Waals surface area (Å²) in [6, 6.07) is 8.60. The van der Waals surface area contributed by atoms with Gasteiger partial charge in [0.05, 0.1) is 24.3 Å². The molecule has 0 aliphatic carbocycles. The molecule has 0 amide bonds. The minimum absolute atomic E-state index is 0.114. The summed E-state index contributed by atoms with van der Waals surface area (Å²) in [7, 11) is -3.71. The average Bonchev–Trinajstić information content (AvgIpc) is 3.24. The molecule has 8 heteroatoms.